The van der Waals surface area contributed by atoms with Gasteiger partial charge in [-0.25, -0.2) is 5.43 Å². The molecule has 0 spiro atoms. The Morgan fingerprint density at radius 2 is 2.00 bits per heavy atom. The van der Waals surface area contributed by atoms with Gasteiger partial charge in [0.2, 0.25) is 0 Å². The number of hydrogen-bond donors (Lipinski definition) is 1. The zero-order chi connectivity index (χ0) is 15.3. The zero-order valence-electron chi connectivity index (χ0n) is 10.6. The Morgan fingerprint density at radius 1 is 1.19 bits per heavy atom. The fourth-order valence-corrected chi connectivity index (χ4v) is 1.52. The lowest BCUT2D eigenvalue weighted by molar-refractivity contribution is -0.137. The summed E-state index contributed by atoms with van der Waals surface area (Å²) in [6, 6.07) is 9.41. The number of rotatable bonds is 3. The largest absolute Gasteiger partial charge is 0.416 e. The molecule has 2 rings (SSSR count). The van der Waals surface area contributed by atoms with Crippen molar-refractivity contribution in [1.29, 1.82) is 0 Å². The number of benzene rings is 1. The number of alkyl halides is 3. The van der Waals surface area contributed by atoms with E-state index in [2.05, 4.69) is 15.5 Å². The molecule has 0 bridgehead atoms. The van der Waals surface area contributed by atoms with Gasteiger partial charge in [-0.2, -0.15) is 18.3 Å². The fraction of sp³-hybridized carbons (Fsp3) is 0.0714. The molecule has 2 aromatic rings. The first-order chi connectivity index (χ1) is 9.97. The Balaban J connectivity index is 2.04. The normalized spacial score (nSPS) is 11.6. The van der Waals surface area contributed by atoms with Crippen LogP contribution in [0.4, 0.5) is 13.2 Å². The molecule has 4 nitrogen and oxygen atoms in total. The van der Waals surface area contributed by atoms with Crippen LogP contribution in [0.15, 0.2) is 53.8 Å². The van der Waals surface area contributed by atoms with Crippen molar-refractivity contribution in [3.05, 3.63) is 65.5 Å². The van der Waals surface area contributed by atoms with Crippen LogP contribution in [-0.4, -0.2) is 17.1 Å². The van der Waals surface area contributed by atoms with Crippen LogP contribution in [0, 0.1) is 0 Å². The van der Waals surface area contributed by atoms with E-state index in [4.69, 9.17) is 0 Å². The van der Waals surface area contributed by atoms with Crippen LogP contribution in [0.2, 0.25) is 0 Å². The van der Waals surface area contributed by atoms with E-state index in [1.54, 1.807) is 12.1 Å². The van der Waals surface area contributed by atoms with Crippen molar-refractivity contribution >= 4 is 12.1 Å². The average molecular weight is 293 g/mol. The predicted molar refractivity (Wildman–Crippen MR) is 70.7 cm³/mol. The SMILES string of the molecule is O=C(N/N=C/c1cccc(C(F)(F)F)c1)c1ccccn1. The third-order valence-corrected chi connectivity index (χ3v) is 2.49. The molecule has 0 fully saturated rings. The number of carbonyl (C=O) groups is 1. The van der Waals surface area contributed by atoms with E-state index in [9.17, 15) is 18.0 Å². The average Bonchev–Trinajstić information content (AvgIpc) is 2.47. The highest BCUT2D eigenvalue weighted by Crippen LogP contribution is 2.29. The standard InChI is InChI=1S/C14H10F3N3O/c15-14(16,17)11-5-3-4-10(8-11)9-19-20-13(21)12-6-1-2-7-18-12/h1-9H,(H,20,21)/b19-9+. The first-order valence-electron chi connectivity index (χ1n) is 5.88. The predicted octanol–water partition coefficient (Wildman–Crippen LogP) is 2.86. The lowest BCUT2D eigenvalue weighted by Gasteiger charge is -2.06. The maximum atomic E-state index is 12.5. The molecular formula is C14H10F3N3O. The monoisotopic (exact) mass is 293 g/mol. The maximum Gasteiger partial charge on any atom is 0.416 e. The van der Waals surface area contributed by atoms with E-state index >= 15 is 0 Å². The molecule has 7 heteroatoms. The van der Waals surface area contributed by atoms with Crippen molar-refractivity contribution in [2.24, 2.45) is 5.10 Å². The number of hydrogen-bond acceptors (Lipinski definition) is 3. The number of nitrogens with one attached hydrogen (secondary N) is 1. The van der Waals surface area contributed by atoms with E-state index in [1.807, 2.05) is 0 Å². The Bertz CT molecular complexity index is 654. The molecule has 0 aliphatic rings. The van der Waals surface area contributed by atoms with Crippen molar-refractivity contribution in [2.45, 2.75) is 6.18 Å². The third-order valence-electron chi connectivity index (χ3n) is 2.49. The topological polar surface area (TPSA) is 54.4 Å². The minimum absolute atomic E-state index is 0.165. The second-order valence-corrected chi connectivity index (χ2v) is 4.04. The van der Waals surface area contributed by atoms with Crippen LogP contribution >= 0.6 is 0 Å². The number of halogens is 3. The van der Waals surface area contributed by atoms with Gasteiger partial charge in [-0.3, -0.25) is 9.78 Å². The van der Waals surface area contributed by atoms with Gasteiger partial charge in [0.25, 0.3) is 5.91 Å². The van der Waals surface area contributed by atoms with E-state index in [0.29, 0.717) is 0 Å². The Hall–Kier alpha value is -2.70. The van der Waals surface area contributed by atoms with Gasteiger partial charge in [0.15, 0.2) is 0 Å². The molecule has 1 aromatic carbocycles. The number of aromatic nitrogens is 1. The lowest BCUT2D eigenvalue weighted by Crippen LogP contribution is -2.18. The number of amides is 1. The molecule has 1 heterocycles. The summed E-state index contributed by atoms with van der Waals surface area (Å²) in [5, 5.41) is 3.61. The van der Waals surface area contributed by atoms with Crippen LogP contribution in [0.5, 0.6) is 0 Å². The van der Waals surface area contributed by atoms with Gasteiger partial charge in [-0.05, 0) is 29.8 Å². The van der Waals surface area contributed by atoms with Gasteiger partial charge in [0.05, 0.1) is 11.8 Å². The minimum atomic E-state index is -4.42. The zero-order valence-corrected chi connectivity index (χ0v) is 10.6. The summed E-state index contributed by atoms with van der Waals surface area (Å²) in [5.41, 5.74) is 1.81. The summed E-state index contributed by atoms with van der Waals surface area (Å²) in [5.74, 6) is -0.543. The van der Waals surface area contributed by atoms with Crippen molar-refractivity contribution in [3.8, 4) is 0 Å². The molecule has 0 unspecified atom stereocenters. The molecule has 108 valence electrons. The van der Waals surface area contributed by atoms with E-state index in [-0.39, 0.29) is 11.3 Å². The summed E-state index contributed by atoms with van der Waals surface area (Å²) in [6.07, 6.45) is -1.83. The summed E-state index contributed by atoms with van der Waals surface area (Å²) in [4.78, 5) is 15.4. The second-order valence-electron chi connectivity index (χ2n) is 4.04. The number of carbonyl (C=O) groups excluding carboxylic acids is 1. The lowest BCUT2D eigenvalue weighted by atomic mass is 10.1. The van der Waals surface area contributed by atoms with E-state index in [0.717, 1.165) is 18.3 Å². The summed E-state index contributed by atoms with van der Waals surface area (Å²) >= 11 is 0. The molecule has 0 aliphatic heterocycles. The van der Waals surface area contributed by atoms with Gasteiger partial charge in [-0.1, -0.05) is 18.2 Å². The third kappa shape index (κ3) is 4.13. The first-order valence-corrected chi connectivity index (χ1v) is 5.88. The van der Waals surface area contributed by atoms with Crippen molar-refractivity contribution in [1.82, 2.24) is 10.4 Å². The van der Waals surface area contributed by atoms with E-state index < -0.39 is 17.6 Å². The van der Waals surface area contributed by atoms with Gasteiger partial charge < -0.3 is 0 Å². The molecule has 0 saturated carbocycles. The number of nitrogens with zero attached hydrogens (tertiary/aromatic N) is 2. The van der Waals surface area contributed by atoms with Gasteiger partial charge >= 0.3 is 6.18 Å². The molecule has 1 amide bonds. The Kier molecular flexibility index (Phi) is 4.32. The molecule has 0 radical (unpaired) electrons. The van der Waals surface area contributed by atoms with Crippen LogP contribution in [-0.2, 0) is 6.18 Å². The smallest absolute Gasteiger partial charge is 0.266 e. The maximum absolute atomic E-state index is 12.5. The summed E-state index contributed by atoms with van der Waals surface area (Å²) in [6.45, 7) is 0. The Morgan fingerprint density at radius 3 is 2.67 bits per heavy atom. The van der Waals surface area contributed by atoms with Crippen LogP contribution in [0.25, 0.3) is 0 Å². The highest BCUT2D eigenvalue weighted by molar-refractivity contribution is 5.93. The molecule has 21 heavy (non-hydrogen) atoms. The molecular weight excluding hydrogens is 283 g/mol. The quantitative estimate of drug-likeness (QED) is 0.699. The van der Waals surface area contributed by atoms with Crippen molar-refractivity contribution in [3.63, 3.8) is 0 Å². The molecule has 0 saturated heterocycles. The molecule has 0 atom stereocenters. The van der Waals surface area contributed by atoms with Gasteiger partial charge in [0.1, 0.15) is 5.69 Å². The first kappa shape index (κ1) is 14.7. The van der Waals surface area contributed by atoms with Crippen molar-refractivity contribution < 1.29 is 18.0 Å². The second kappa shape index (κ2) is 6.17. The number of hydrazone groups is 1. The summed E-state index contributed by atoms with van der Waals surface area (Å²) in [7, 11) is 0. The molecule has 0 aliphatic carbocycles. The fourth-order valence-electron chi connectivity index (χ4n) is 1.52. The summed E-state index contributed by atoms with van der Waals surface area (Å²) < 4.78 is 37.6. The van der Waals surface area contributed by atoms with Crippen LogP contribution in [0.3, 0.4) is 0 Å². The van der Waals surface area contributed by atoms with Gasteiger partial charge in [-0.15, -0.1) is 0 Å². The van der Waals surface area contributed by atoms with Gasteiger partial charge in [0, 0.05) is 6.20 Å². The van der Waals surface area contributed by atoms with Crippen LogP contribution < -0.4 is 5.43 Å². The minimum Gasteiger partial charge on any atom is -0.266 e. The van der Waals surface area contributed by atoms with Crippen LogP contribution in [0.1, 0.15) is 21.6 Å². The highest BCUT2D eigenvalue weighted by Gasteiger charge is 2.30. The molecule has 1 N–H and O–H groups in total. The van der Waals surface area contributed by atoms with Crippen molar-refractivity contribution in [2.75, 3.05) is 0 Å². The number of pyridine rings is 1. The highest BCUT2D eigenvalue weighted by atomic mass is 19.4. The van der Waals surface area contributed by atoms with E-state index in [1.165, 1.54) is 24.4 Å². The Labute approximate surface area is 118 Å². The molecule has 1 aromatic heterocycles.